The molecule has 3 N–H and O–H groups in total. The van der Waals surface area contributed by atoms with E-state index in [2.05, 4.69) is 10.4 Å². The van der Waals surface area contributed by atoms with Crippen LogP contribution in [0.15, 0.2) is 36.7 Å². The molecule has 0 aliphatic rings. The molecule has 20 heavy (non-hydrogen) atoms. The number of nitrogens with one attached hydrogen (secondary N) is 1. The van der Waals surface area contributed by atoms with Gasteiger partial charge >= 0.3 is 5.97 Å². The Morgan fingerprint density at radius 1 is 1.50 bits per heavy atom. The molecule has 0 spiro atoms. The minimum Gasteiger partial charge on any atom is -0.462 e. The highest BCUT2D eigenvalue weighted by Crippen LogP contribution is 2.18. The summed E-state index contributed by atoms with van der Waals surface area (Å²) in [6, 6.07) is 7.11. The lowest BCUT2D eigenvalue weighted by molar-refractivity contribution is 0.0527. The number of anilines is 2. The Morgan fingerprint density at radius 2 is 2.35 bits per heavy atom. The summed E-state index contributed by atoms with van der Waals surface area (Å²) in [5, 5.41) is 7.34. The average Bonchev–Trinajstić information content (AvgIpc) is 2.94. The van der Waals surface area contributed by atoms with Crippen LogP contribution in [-0.4, -0.2) is 28.9 Å². The molecule has 106 valence electrons. The molecule has 6 nitrogen and oxygen atoms in total. The molecule has 0 saturated carbocycles. The largest absolute Gasteiger partial charge is 0.462 e. The fraction of sp³-hybridized carbons (Fsp3) is 0.286. The van der Waals surface area contributed by atoms with Crippen LogP contribution in [0, 0.1) is 0 Å². The van der Waals surface area contributed by atoms with E-state index in [1.165, 1.54) is 0 Å². The number of benzene rings is 1. The highest BCUT2D eigenvalue weighted by molar-refractivity contribution is 5.96. The number of nitrogens with zero attached hydrogens (tertiary/aromatic N) is 2. The van der Waals surface area contributed by atoms with Gasteiger partial charge in [0.25, 0.3) is 0 Å². The standard InChI is InChI=1S/C14H18N4O2/c1-2-20-14(19)12-10-11(4-5-13(12)15)16-7-9-18-8-3-6-17-18/h3-6,8,10,16H,2,7,9,15H2,1H3. The summed E-state index contributed by atoms with van der Waals surface area (Å²) in [7, 11) is 0. The van der Waals surface area contributed by atoms with Crippen LogP contribution in [0.5, 0.6) is 0 Å². The van der Waals surface area contributed by atoms with Crippen molar-refractivity contribution in [3.8, 4) is 0 Å². The molecule has 1 heterocycles. The van der Waals surface area contributed by atoms with Gasteiger partial charge in [-0.3, -0.25) is 4.68 Å². The van der Waals surface area contributed by atoms with Gasteiger partial charge in [-0.25, -0.2) is 4.79 Å². The summed E-state index contributed by atoms with van der Waals surface area (Å²) in [6.07, 6.45) is 3.64. The normalized spacial score (nSPS) is 10.2. The topological polar surface area (TPSA) is 82.2 Å². The molecule has 0 saturated heterocycles. The molecule has 0 radical (unpaired) electrons. The number of esters is 1. The lowest BCUT2D eigenvalue weighted by Crippen LogP contribution is -2.12. The smallest absolute Gasteiger partial charge is 0.340 e. The Kier molecular flexibility index (Phi) is 4.60. The van der Waals surface area contributed by atoms with Gasteiger partial charge in [-0.2, -0.15) is 5.10 Å². The van der Waals surface area contributed by atoms with Crippen molar-refractivity contribution >= 4 is 17.3 Å². The monoisotopic (exact) mass is 274 g/mol. The van der Waals surface area contributed by atoms with E-state index in [0.717, 1.165) is 12.2 Å². The van der Waals surface area contributed by atoms with Gasteiger partial charge < -0.3 is 15.8 Å². The number of nitrogens with two attached hydrogens (primary N) is 1. The number of ether oxygens (including phenoxy) is 1. The first-order chi connectivity index (χ1) is 9.70. The van der Waals surface area contributed by atoms with Crippen LogP contribution in [-0.2, 0) is 11.3 Å². The Labute approximate surface area is 117 Å². The number of carbonyl (C=O) groups is 1. The van der Waals surface area contributed by atoms with Crippen molar-refractivity contribution in [3.05, 3.63) is 42.2 Å². The molecule has 0 bridgehead atoms. The van der Waals surface area contributed by atoms with Gasteiger partial charge in [-0.1, -0.05) is 0 Å². The first-order valence-electron chi connectivity index (χ1n) is 6.48. The van der Waals surface area contributed by atoms with E-state index in [1.807, 2.05) is 23.0 Å². The zero-order valence-electron chi connectivity index (χ0n) is 11.4. The van der Waals surface area contributed by atoms with E-state index in [9.17, 15) is 4.79 Å². The molecule has 0 fully saturated rings. The zero-order valence-corrected chi connectivity index (χ0v) is 11.4. The summed E-state index contributed by atoms with van der Waals surface area (Å²) in [4.78, 5) is 11.7. The summed E-state index contributed by atoms with van der Waals surface area (Å²) >= 11 is 0. The van der Waals surface area contributed by atoms with Crippen molar-refractivity contribution in [2.24, 2.45) is 0 Å². The Balaban J connectivity index is 1.98. The van der Waals surface area contributed by atoms with Gasteiger partial charge in [0.1, 0.15) is 0 Å². The Bertz CT molecular complexity index is 567. The van der Waals surface area contributed by atoms with Crippen LogP contribution in [0.25, 0.3) is 0 Å². The van der Waals surface area contributed by atoms with Crippen molar-refractivity contribution in [2.45, 2.75) is 13.5 Å². The van der Waals surface area contributed by atoms with Gasteiger partial charge in [0, 0.05) is 30.3 Å². The molecule has 6 heteroatoms. The fourth-order valence-electron chi connectivity index (χ4n) is 1.80. The van der Waals surface area contributed by atoms with Gasteiger partial charge in [0.2, 0.25) is 0 Å². The van der Waals surface area contributed by atoms with E-state index < -0.39 is 5.97 Å². The third-order valence-electron chi connectivity index (χ3n) is 2.78. The van der Waals surface area contributed by atoms with E-state index in [4.69, 9.17) is 10.5 Å². The molecule has 1 aromatic carbocycles. The third-order valence-corrected chi connectivity index (χ3v) is 2.78. The van der Waals surface area contributed by atoms with E-state index in [-0.39, 0.29) is 0 Å². The second-order valence-corrected chi connectivity index (χ2v) is 4.22. The van der Waals surface area contributed by atoms with Crippen molar-refractivity contribution in [1.29, 1.82) is 0 Å². The Morgan fingerprint density at radius 3 is 3.05 bits per heavy atom. The second-order valence-electron chi connectivity index (χ2n) is 4.22. The molecule has 0 aliphatic heterocycles. The van der Waals surface area contributed by atoms with Gasteiger partial charge in [0.05, 0.1) is 18.7 Å². The van der Waals surface area contributed by atoms with Gasteiger partial charge in [-0.15, -0.1) is 0 Å². The molecule has 0 unspecified atom stereocenters. The number of hydrogen-bond donors (Lipinski definition) is 2. The van der Waals surface area contributed by atoms with Crippen LogP contribution >= 0.6 is 0 Å². The lowest BCUT2D eigenvalue weighted by atomic mass is 10.1. The minimum absolute atomic E-state index is 0.329. The van der Waals surface area contributed by atoms with Crippen LogP contribution in [0.4, 0.5) is 11.4 Å². The molecule has 0 atom stereocenters. The summed E-state index contributed by atoms with van der Waals surface area (Å²) < 4.78 is 6.80. The van der Waals surface area contributed by atoms with Crippen LogP contribution < -0.4 is 11.1 Å². The highest BCUT2D eigenvalue weighted by Gasteiger charge is 2.11. The molecular weight excluding hydrogens is 256 g/mol. The molecule has 0 aliphatic carbocycles. The third kappa shape index (κ3) is 3.50. The van der Waals surface area contributed by atoms with Crippen LogP contribution in [0.3, 0.4) is 0 Å². The van der Waals surface area contributed by atoms with Crippen molar-refractivity contribution in [1.82, 2.24) is 9.78 Å². The van der Waals surface area contributed by atoms with E-state index in [1.54, 1.807) is 25.3 Å². The van der Waals surface area contributed by atoms with Gasteiger partial charge in [-0.05, 0) is 31.2 Å². The maximum absolute atomic E-state index is 11.7. The maximum atomic E-state index is 11.7. The van der Waals surface area contributed by atoms with E-state index >= 15 is 0 Å². The van der Waals surface area contributed by atoms with Crippen LogP contribution in [0.2, 0.25) is 0 Å². The predicted octanol–water partition coefficient (Wildman–Crippen LogP) is 1.75. The minimum atomic E-state index is -0.402. The molecule has 2 aromatic rings. The number of aromatic nitrogens is 2. The Hall–Kier alpha value is -2.50. The first kappa shape index (κ1) is 13.9. The SMILES string of the molecule is CCOC(=O)c1cc(NCCn2cccn2)ccc1N. The average molecular weight is 274 g/mol. The quantitative estimate of drug-likeness (QED) is 0.619. The predicted molar refractivity (Wildman–Crippen MR) is 77.5 cm³/mol. The van der Waals surface area contributed by atoms with Crippen molar-refractivity contribution < 1.29 is 9.53 Å². The molecule has 2 rings (SSSR count). The fourth-order valence-corrected chi connectivity index (χ4v) is 1.80. The summed E-state index contributed by atoms with van der Waals surface area (Å²) in [5.74, 6) is -0.402. The van der Waals surface area contributed by atoms with Crippen LogP contribution in [0.1, 0.15) is 17.3 Å². The molecular formula is C14H18N4O2. The van der Waals surface area contributed by atoms with Gasteiger partial charge in [0.15, 0.2) is 0 Å². The number of rotatable bonds is 6. The lowest BCUT2D eigenvalue weighted by Gasteiger charge is -2.10. The van der Waals surface area contributed by atoms with Crippen molar-refractivity contribution in [3.63, 3.8) is 0 Å². The maximum Gasteiger partial charge on any atom is 0.340 e. The number of hydrogen-bond acceptors (Lipinski definition) is 5. The van der Waals surface area contributed by atoms with Crippen molar-refractivity contribution in [2.75, 3.05) is 24.2 Å². The number of nitrogen functional groups attached to an aromatic ring is 1. The summed E-state index contributed by atoms with van der Waals surface area (Å²) in [6.45, 7) is 3.54. The summed E-state index contributed by atoms with van der Waals surface area (Å²) in [5.41, 5.74) is 7.41. The molecule has 0 amide bonds. The second kappa shape index (κ2) is 6.60. The first-order valence-corrected chi connectivity index (χ1v) is 6.48. The molecule has 1 aromatic heterocycles. The van der Waals surface area contributed by atoms with E-state index in [0.29, 0.717) is 24.4 Å². The highest BCUT2D eigenvalue weighted by atomic mass is 16.5. The number of carbonyl (C=O) groups excluding carboxylic acids is 1. The zero-order chi connectivity index (χ0) is 14.4.